The van der Waals surface area contributed by atoms with Crippen molar-refractivity contribution >= 4 is 35.5 Å². The number of carboxylic acid groups (broad SMARTS) is 2. The van der Waals surface area contributed by atoms with Crippen molar-refractivity contribution in [3.8, 4) is 0 Å². The number of halogens is 1. The second-order valence-electron chi connectivity index (χ2n) is 4.28. The number of benzene rings is 1. The molecule has 0 bridgehead atoms. The van der Waals surface area contributed by atoms with Crippen LogP contribution in [-0.2, 0) is 9.59 Å². The van der Waals surface area contributed by atoms with E-state index in [1.165, 1.54) is 30.5 Å². The van der Waals surface area contributed by atoms with Gasteiger partial charge in [0.2, 0.25) is 5.91 Å². The fourth-order valence-electron chi connectivity index (χ4n) is 1.39. The molecule has 1 heterocycles. The van der Waals surface area contributed by atoms with Crippen LogP contribution in [0.15, 0.2) is 53.2 Å². The van der Waals surface area contributed by atoms with Gasteiger partial charge in [0.05, 0.1) is 11.8 Å². The average Bonchev–Trinajstić information content (AvgIpc) is 3.05. The van der Waals surface area contributed by atoms with E-state index in [1.807, 2.05) is 0 Å². The maximum absolute atomic E-state index is 10.9. The molecule has 0 unspecified atom stereocenters. The van der Waals surface area contributed by atoms with Crippen molar-refractivity contribution in [3.05, 3.63) is 65.1 Å². The Balaban J connectivity index is 0.000000254. The maximum atomic E-state index is 10.9. The third-order valence-corrected chi connectivity index (χ3v) is 2.66. The van der Waals surface area contributed by atoms with Gasteiger partial charge in [-0.05, 0) is 36.4 Å². The smallest absolute Gasteiger partial charge is 0.335 e. The highest BCUT2D eigenvalue weighted by Gasteiger charge is 2.00. The number of carbonyl (C=O) groups excluding carboxylic acids is 1. The molecule has 8 heteroatoms. The molecule has 0 aliphatic heterocycles. The summed E-state index contributed by atoms with van der Waals surface area (Å²) in [6, 6.07) is 9.51. The standard InChI is InChI=1S/C9H9NO4.C7H5ClO2/c11-8(10-6-9(12)13)4-3-7-2-1-5-14-7;8-6-3-1-2-5(4-6)7(9)10/h1-5H,6H2,(H,10,11)(H,12,13);1-4H,(H,9,10)/b4-3+;. The Hall–Kier alpha value is -3.06. The minimum Gasteiger partial charge on any atom is -0.480 e. The normalized spacial score (nSPS) is 9.88. The van der Waals surface area contributed by atoms with Gasteiger partial charge in [-0.2, -0.15) is 0 Å². The Bertz CT molecular complexity index is 724. The van der Waals surface area contributed by atoms with E-state index in [0.717, 1.165) is 0 Å². The van der Waals surface area contributed by atoms with Gasteiger partial charge in [-0.25, -0.2) is 4.79 Å². The number of hydrogen-bond donors (Lipinski definition) is 3. The number of carboxylic acids is 2. The summed E-state index contributed by atoms with van der Waals surface area (Å²) in [5.41, 5.74) is 0.215. The zero-order valence-corrected chi connectivity index (χ0v) is 13.1. The first kappa shape index (κ1) is 19.0. The van der Waals surface area contributed by atoms with Crippen LogP contribution in [0.1, 0.15) is 16.1 Å². The van der Waals surface area contributed by atoms with Crippen LogP contribution in [0.3, 0.4) is 0 Å². The van der Waals surface area contributed by atoms with Gasteiger partial charge >= 0.3 is 11.9 Å². The van der Waals surface area contributed by atoms with Crippen LogP contribution in [0, 0.1) is 0 Å². The van der Waals surface area contributed by atoms with E-state index in [4.69, 9.17) is 26.2 Å². The topological polar surface area (TPSA) is 117 Å². The van der Waals surface area contributed by atoms with Gasteiger partial charge in [-0.3, -0.25) is 9.59 Å². The number of rotatable bonds is 5. The largest absolute Gasteiger partial charge is 0.480 e. The van der Waals surface area contributed by atoms with Crippen LogP contribution in [-0.4, -0.2) is 34.6 Å². The van der Waals surface area contributed by atoms with Crippen molar-refractivity contribution in [1.82, 2.24) is 5.32 Å². The third kappa shape index (κ3) is 7.81. The lowest BCUT2D eigenvalue weighted by atomic mass is 10.2. The second-order valence-corrected chi connectivity index (χ2v) is 4.71. The molecule has 0 spiro atoms. The van der Waals surface area contributed by atoms with Crippen LogP contribution in [0.5, 0.6) is 0 Å². The van der Waals surface area contributed by atoms with E-state index in [0.29, 0.717) is 10.8 Å². The van der Waals surface area contributed by atoms with Gasteiger partial charge in [0.1, 0.15) is 12.3 Å². The highest BCUT2D eigenvalue weighted by molar-refractivity contribution is 6.30. The summed E-state index contributed by atoms with van der Waals surface area (Å²) in [5.74, 6) is -1.97. The molecule has 3 N–H and O–H groups in total. The zero-order chi connectivity index (χ0) is 17.9. The highest BCUT2D eigenvalue weighted by Crippen LogP contribution is 2.09. The monoisotopic (exact) mass is 351 g/mol. The second kappa shape index (κ2) is 9.86. The molecule has 126 valence electrons. The molecule has 0 fully saturated rings. The molecule has 7 nitrogen and oxygen atoms in total. The minimum absolute atomic E-state index is 0.215. The van der Waals surface area contributed by atoms with Crippen molar-refractivity contribution in [3.63, 3.8) is 0 Å². The lowest BCUT2D eigenvalue weighted by Gasteiger charge is -1.94. The number of hydrogen-bond acceptors (Lipinski definition) is 4. The molecule has 0 atom stereocenters. The highest BCUT2D eigenvalue weighted by atomic mass is 35.5. The molecule has 0 aliphatic rings. The van der Waals surface area contributed by atoms with E-state index < -0.39 is 17.8 Å². The van der Waals surface area contributed by atoms with Crippen LogP contribution in [0.2, 0.25) is 5.02 Å². The third-order valence-electron chi connectivity index (χ3n) is 2.43. The van der Waals surface area contributed by atoms with Gasteiger partial charge in [0.15, 0.2) is 0 Å². The molecule has 2 rings (SSSR count). The molecule has 0 radical (unpaired) electrons. The van der Waals surface area contributed by atoms with Crippen LogP contribution < -0.4 is 5.32 Å². The summed E-state index contributed by atoms with van der Waals surface area (Å²) in [7, 11) is 0. The molecule has 1 aromatic carbocycles. The Morgan fingerprint density at radius 1 is 1.17 bits per heavy atom. The summed E-state index contributed by atoms with van der Waals surface area (Å²) in [5, 5.41) is 19.3. The first-order valence-electron chi connectivity index (χ1n) is 6.58. The summed E-state index contributed by atoms with van der Waals surface area (Å²) >= 11 is 5.53. The molecular weight excluding hydrogens is 338 g/mol. The Morgan fingerprint density at radius 3 is 2.42 bits per heavy atom. The van der Waals surface area contributed by atoms with E-state index >= 15 is 0 Å². The van der Waals surface area contributed by atoms with Crippen molar-refractivity contribution in [2.24, 2.45) is 0 Å². The van der Waals surface area contributed by atoms with Crippen molar-refractivity contribution in [2.75, 3.05) is 6.54 Å². The fraction of sp³-hybridized carbons (Fsp3) is 0.0625. The SMILES string of the molecule is O=C(O)CNC(=O)/C=C/c1ccco1.O=C(O)c1cccc(Cl)c1. The Morgan fingerprint density at radius 2 is 1.92 bits per heavy atom. The molecule has 1 amide bonds. The molecule has 24 heavy (non-hydrogen) atoms. The first-order chi connectivity index (χ1) is 11.4. The summed E-state index contributed by atoms with van der Waals surface area (Å²) in [4.78, 5) is 31.3. The zero-order valence-electron chi connectivity index (χ0n) is 12.3. The summed E-state index contributed by atoms with van der Waals surface area (Å²) < 4.78 is 4.93. The van der Waals surface area contributed by atoms with Crippen molar-refractivity contribution < 1.29 is 29.0 Å². The lowest BCUT2D eigenvalue weighted by molar-refractivity contribution is -0.137. The van der Waals surface area contributed by atoms with Gasteiger partial charge in [0, 0.05) is 11.1 Å². The quantitative estimate of drug-likeness (QED) is 0.712. The molecule has 0 saturated heterocycles. The van der Waals surface area contributed by atoms with Crippen molar-refractivity contribution in [2.45, 2.75) is 0 Å². The molecule has 1 aromatic heterocycles. The van der Waals surface area contributed by atoms with E-state index in [-0.39, 0.29) is 12.1 Å². The number of carbonyl (C=O) groups is 3. The number of aliphatic carboxylic acids is 1. The van der Waals surface area contributed by atoms with Crippen molar-refractivity contribution in [1.29, 1.82) is 0 Å². The van der Waals surface area contributed by atoms with E-state index in [1.54, 1.807) is 24.3 Å². The predicted molar refractivity (Wildman–Crippen MR) is 86.8 cm³/mol. The number of furan rings is 1. The summed E-state index contributed by atoms with van der Waals surface area (Å²) in [6.45, 7) is -0.388. The van der Waals surface area contributed by atoms with Crippen LogP contribution in [0.4, 0.5) is 0 Å². The lowest BCUT2D eigenvalue weighted by Crippen LogP contribution is -2.27. The van der Waals surface area contributed by atoms with Gasteiger partial charge < -0.3 is 19.9 Å². The van der Waals surface area contributed by atoms with E-state index in [9.17, 15) is 14.4 Å². The first-order valence-corrected chi connectivity index (χ1v) is 6.96. The number of nitrogens with one attached hydrogen (secondary N) is 1. The Kier molecular flexibility index (Phi) is 7.80. The number of aromatic carboxylic acids is 1. The fourth-order valence-corrected chi connectivity index (χ4v) is 1.58. The van der Waals surface area contributed by atoms with Gasteiger partial charge in [-0.15, -0.1) is 0 Å². The average molecular weight is 352 g/mol. The van der Waals surface area contributed by atoms with Crippen LogP contribution in [0.25, 0.3) is 6.08 Å². The van der Waals surface area contributed by atoms with E-state index in [2.05, 4.69) is 5.32 Å². The predicted octanol–water partition coefficient (Wildman–Crippen LogP) is 2.53. The maximum Gasteiger partial charge on any atom is 0.335 e. The molecule has 0 aliphatic carbocycles. The number of amides is 1. The molecule has 2 aromatic rings. The summed E-state index contributed by atoms with van der Waals surface area (Å²) in [6.07, 6.45) is 4.15. The molecular formula is C16H14ClNO6. The van der Waals surface area contributed by atoms with Gasteiger partial charge in [0.25, 0.3) is 0 Å². The van der Waals surface area contributed by atoms with Crippen LogP contribution >= 0.6 is 11.6 Å². The Labute approximate surface area is 142 Å². The van der Waals surface area contributed by atoms with Gasteiger partial charge in [-0.1, -0.05) is 17.7 Å². The minimum atomic E-state index is -1.08. The molecule has 0 saturated carbocycles.